The van der Waals surface area contributed by atoms with Crippen LogP contribution >= 0.6 is 22.9 Å². The molecule has 24 heavy (non-hydrogen) atoms. The molecule has 1 amide bonds. The number of carbonyl (C=O) groups is 3. The maximum Gasteiger partial charge on any atom is 0.308 e. The van der Waals surface area contributed by atoms with Gasteiger partial charge in [0.15, 0.2) is 5.13 Å². The number of carboxylic acid groups (broad SMARTS) is 2. The van der Waals surface area contributed by atoms with Crippen LogP contribution in [-0.4, -0.2) is 33.0 Å². The van der Waals surface area contributed by atoms with Gasteiger partial charge in [-0.05, 0) is 12.1 Å². The number of hydrogen-bond donors (Lipinski definition) is 3. The Morgan fingerprint density at radius 1 is 1.08 bits per heavy atom. The number of benzene rings is 1. The highest BCUT2D eigenvalue weighted by atomic mass is 35.5. The molecule has 9 heteroatoms. The SMILES string of the molecule is O=C(O)CCC(=O)Nc1nc(-c2ccc(Cl)cc2)c(CC(=O)O)s1. The lowest BCUT2D eigenvalue weighted by Gasteiger charge is -2.00. The highest BCUT2D eigenvalue weighted by Crippen LogP contribution is 2.32. The summed E-state index contributed by atoms with van der Waals surface area (Å²) in [4.78, 5) is 37.9. The molecule has 0 fully saturated rings. The van der Waals surface area contributed by atoms with Gasteiger partial charge in [0.05, 0.1) is 18.5 Å². The smallest absolute Gasteiger partial charge is 0.308 e. The molecule has 126 valence electrons. The normalized spacial score (nSPS) is 10.4. The molecule has 3 N–H and O–H groups in total. The van der Waals surface area contributed by atoms with Crippen LogP contribution in [0.3, 0.4) is 0 Å². The summed E-state index contributed by atoms with van der Waals surface area (Å²) in [7, 11) is 0. The molecule has 0 saturated carbocycles. The molecule has 0 aliphatic carbocycles. The number of aromatic nitrogens is 1. The topological polar surface area (TPSA) is 117 Å². The zero-order valence-corrected chi connectivity index (χ0v) is 13.9. The van der Waals surface area contributed by atoms with Gasteiger partial charge < -0.3 is 15.5 Å². The van der Waals surface area contributed by atoms with Gasteiger partial charge in [-0.15, -0.1) is 11.3 Å². The van der Waals surface area contributed by atoms with Crippen LogP contribution in [0, 0.1) is 0 Å². The standard InChI is InChI=1S/C15H13ClN2O5S/c16-9-3-1-8(2-4-9)14-10(7-13(22)23)24-15(18-14)17-11(19)5-6-12(20)21/h1-4H,5-7H2,(H,20,21)(H,22,23)(H,17,18,19). The molecular weight excluding hydrogens is 356 g/mol. The Labute approximate surface area is 145 Å². The second-order valence-corrected chi connectivity index (χ2v) is 6.33. The molecule has 7 nitrogen and oxygen atoms in total. The van der Waals surface area contributed by atoms with E-state index in [-0.39, 0.29) is 24.4 Å². The number of nitrogens with zero attached hydrogens (tertiary/aromatic N) is 1. The first-order valence-corrected chi connectivity index (χ1v) is 8.03. The van der Waals surface area contributed by atoms with Crippen LogP contribution in [0.5, 0.6) is 0 Å². The first-order valence-electron chi connectivity index (χ1n) is 6.84. The number of carboxylic acids is 2. The Morgan fingerprint density at radius 3 is 2.33 bits per heavy atom. The first-order chi connectivity index (χ1) is 11.3. The van der Waals surface area contributed by atoms with E-state index in [1.165, 1.54) is 0 Å². The van der Waals surface area contributed by atoms with Crippen LogP contribution in [-0.2, 0) is 20.8 Å². The Kier molecular flexibility index (Phi) is 5.88. The number of rotatable bonds is 7. The summed E-state index contributed by atoms with van der Waals surface area (Å²) in [6, 6.07) is 6.73. The van der Waals surface area contributed by atoms with Crippen molar-refractivity contribution in [2.75, 3.05) is 5.32 Å². The Hall–Kier alpha value is -2.45. The Morgan fingerprint density at radius 2 is 1.75 bits per heavy atom. The van der Waals surface area contributed by atoms with Gasteiger partial charge in [-0.3, -0.25) is 14.4 Å². The summed E-state index contributed by atoms with van der Waals surface area (Å²) in [5.74, 6) is -2.58. The molecule has 0 aliphatic heterocycles. The van der Waals surface area contributed by atoms with Crippen molar-refractivity contribution in [1.82, 2.24) is 4.98 Å². The Balaban J connectivity index is 2.24. The molecule has 0 bridgehead atoms. The summed E-state index contributed by atoms with van der Waals surface area (Å²) >= 11 is 6.89. The monoisotopic (exact) mass is 368 g/mol. The average Bonchev–Trinajstić information content (AvgIpc) is 2.87. The highest BCUT2D eigenvalue weighted by molar-refractivity contribution is 7.16. The van der Waals surface area contributed by atoms with Crippen molar-refractivity contribution in [2.24, 2.45) is 0 Å². The molecule has 2 rings (SSSR count). The fraction of sp³-hybridized carbons (Fsp3) is 0.200. The van der Waals surface area contributed by atoms with Crippen molar-refractivity contribution in [3.63, 3.8) is 0 Å². The van der Waals surface area contributed by atoms with Gasteiger partial charge in [0.25, 0.3) is 0 Å². The molecule has 1 heterocycles. The predicted molar refractivity (Wildman–Crippen MR) is 89.4 cm³/mol. The zero-order valence-electron chi connectivity index (χ0n) is 12.3. The summed E-state index contributed by atoms with van der Waals surface area (Å²) in [5, 5.41) is 20.9. The quantitative estimate of drug-likeness (QED) is 0.691. The van der Waals surface area contributed by atoms with Gasteiger partial charge in [-0.2, -0.15) is 0 Å². The van der Waals surface area contributed by atoms with Crippen LogP contribution in [0.2, 0.25) is 5.02 Å². The number of thiazole rings is 1. The summed E-state index contributed by atoms with van der Waals surface area (Å²) in [5.41, 5.74) is 1.13. The average molecular weight is 369 g/mol. The fourth-order valence-electron chi connectivity index (χ4n) is 1.90. The third-order valence-corrected chi connectivity index (χ3v) is 4.16. The summed E-state index contributed by atoms with van der Waals surface area (Å²) in [6.07, 6.45) is -0.705. The molecule has 1 aromatic carbocycles. The first kappa shape index (κ1) is 17.9. The van der Waals surface area contributed by atoms with Crippen molar-refractivity contribution in [3.05, 3.63) is 34.2 Å². The number of aliphatic carboxylic acids is 2. The van der Waals surface area contributed by atoms with E-state index in [0.29, 0.717) is 21.2 Å². The van der Waals surface area contributed by atoms with Gasteiger partial charge in [-0.1, -0.05) is 23.7 Å². The Bertz CT molecular complexity index is 773. The number of anilines is 1. The lowest BCUT2D eigenvalue weighted by Crippen LogP contribution is -2.12. The van der Waals surface area contributed by atoms with Crippen LogP contribution in [0.1, 0.15) is 17.7 Å². The molecule has 0 unspecified atom stereocenters. The van der Waals surface area contributed by atoms with Crippen molar-refractivity contribution >= 4 is 45.9 Å². The lowest BCUT2D eigenvalue weighted by molar-refractivity contribution is -0.138. The number of hydrogen-bond acceptors (Lipinski definition) is 5. The maximum absolute atomic E-state index is 11.7. The molecule has 0 saturated heterocycles. The molecule has 0 spiro atoms. The number of amides is 1. The minimum absolute atomic E-state index is 0.181. The van der Waals surface area contributed by atoms with Gasteiger partial charge in [-0.25, -0.2) is 4.98 Å². The van der Waals surface area contributed by atoms with Crippen LogP contribution in [0.15, 0.2) is 24.3 Å². The number of carbonyl (C=O) groups excluding carboxylic acids is 1. The van der Waals surface area contributed by atoms with Crippen LogP contribution < -0.4 is 5.32 Å². The van der Waals surface area contributed by atoms with E-state index in [1.807, 2.05) is 0 Å². The third kappa shape index (κ3) is 5.04. The maximum atomic E-state index is 11.7. The van der Waals surface area contributed by atoms with Crippen LogP contribution in [0.4, 0.5) is 5.13 Å². The predicted octanol–water partition coefficient (Wildman–Crippen LogP) is 2.89. The van der Waals surface area contributed by atoms with E-state index in [4.69, 9.17) is 21.8 Å². The van der Waals surface area contributed by atoms with E-state index in [1.54, 1.807) is 24.3 Å². The van der Waals surface area contributed by atoms with Gasteiger partial charge in [0, 0.05) is 21.9 Å². The molecule has 0 atom stereocenters. The van der Waals surface area contributed by atoms with E-state index in [0.717, 1.165) is 11.3 Å². The van der Waals surface area contributed by atoms with E-state index < -0.39 is 17.8 Å². The second-order valence-electron chi connectivity index (χ2n) is 4.81. The van der Waals surface area contributed by atoms with Gasteiger partial charge in [0.2, 0.25) is 5.91 Å². The minimum atomic E-state index is -1.07. The molecule has 0 aliphatic rings. The second kappa shape index (κ2) is 7.89. The van der Waals surface area contributed by atoms with E-state index >= 15 is 0 Å². The van der Waals surface area contributed by atoms with Crippen molar-refractivity contribution in [3.8, 4) is 11.3 Å². The minimum Gasteiger partial charge on any atom is -0.481 e. The zero-order chi connectivity index (χ0) is 17.7. The summed E-state index contributed by atoms with van der Waals surface area (Å²) < 4.78 is 0. The van der Waals surface area contributed by atoms with Crippen LogP contribution in [0.25, 0.3) is 11.3 Å². The van der Waals surface area contributed by atoms with Gasteiger partial charge in [0.1, 0.15) is 0 Å². The third-order valence-electron chi connectivity index (χ3n) is 2.94. The number of halogens is 1. The molecule has 2 aromatic rings. The molecule has 1 aromatic heterocycles. The van der Waals surface area contributed by atoms with E-state index in [9.17, 15) is 14.4 Å². The van der Waals surface area contributed by atoms with E-state index in [2.05, 4.69) is 10.3 Å². The fourth-order valence-corrected chi connectivity index (χ4v) is 3.01. The van der Waals surface area contributed by atoms with Gasteiger partial charge >= 0.3 is 11.9 Å². The molecular formula is C15H13ClN2O5S. The highest BCUT2D eigenvalue weighted by Gasteiger charge is 2.17. The van der Waals surface area contributed by atoms with Crippen molar-refractivity contribution in [2.45, 2.75) is 19.3 Å². The summed E-state index contributed by atoms with van der Waals surface area (Å²) in [6.45, 7) is 0. The largest absolute Gasteiger partial charge is 0.481 e. The van der Waals surface area contributed by atoms with Crippen molar-refractivity contribution in [1.29, 1.82) is 0 Å². The lowest BCUT2D eigenvalue weighted by atomic mass is 10.1. The van der Waals surface area contributed by atoms with Crippen molar-refractivity contribution < 1.29 is 24.6 Å². The number of nitrogens with one attached hydrogen (secondary N) is 1. The molecule has 0 radical (unpaired) electrons.